The lowest BCUT2D eigenvalue weighted by Crippen LogP contribution is -2.01. The lowest BCUT2D eigenvalue weighted by atomic mass is 10.1. The van der Waals surface area contributed by atoms with Crippen molar-refractivity contribution in [3.8, 4) is 0 Å². The molecular weight excluding hydrogens is 244 g/mol. The summed E-state index contributed by atoms with van der Waals surface area (Å²) < 4.78 is 7.05. The minimum atomic E-state index is 0.0416. The van der Waals surface area contributed by atoms with Crippen LogP contribution in [-0.4, -0.2) is 0 Å². The van der Waals surface area contributed by atoms with Crippen LogP contribution in [0.3, 0.4) is 0 Å². The van der Waals surface area contributed by atoms with Crippen LogP contribution in [0.4, 0.5) is 0 Å². The van der Waals surface area contributed by atoms with Crippen LogP contribution in [0.2, 0.25) is 0 Å². The Labute approximate surface area is 106 Å². The van der Waals surface area contributed by atoms with Gasteiger partial charge in [-0.15, -0.1) is 11.3 Å². The van der Waals surface area contributed by atoms with E-state index in [1.807, 2.05) is 41.8 Å². The molecule has 2 heterocycles. The zero-order chi connectivity index (χ0) is 12.1. The molecule has 0 amide bonds. The molecule has 2 aromatic heterocycles. The van der Waals surface area contributed by atoms with Gasteiger partial charge in [0, 0.05) is 10.1 Å². The van der Waals surface area contributed by atoms with Gasteiger partial charge in [0.2, 0.25) is 5.43 Å². The highest BCUT2D eigenvalue weighted by molar-refractivity contribution is 7.17. The highest BCUT2D eigenvalue weighted by atomic mass is 32.1. The Balaban J connectivity index is 2.38. The summed E-state index contributed by atoms with van der Waals surface area (Å²) in [5, 5.41) is 4.32. The fourth-order valence-corrected chi connectivity index (χ4v) is 3.09. The average Bonchev–Trinajstić information content (AvgIpc) is 2.88. The van der Waals surface area contributed by atoms with Crippen molar-refractivity contribution in [3.63, 3.8) is 0 Å². The number of benzene rings is 2. The normalized spacial score (nSPS) is 11.6. The predicted octanol–water partition coefficient (Wildman–Crippen LogP) is 4.16. The Hall–Kier alpha value is -2.13. The summed E-state index contributed by atoms with van der Waals surface area (Å²) in [4.78, 5) is 12.4. The summed E-state index contributed by atoms with van der Waals surface area (Å²) in [5.74, 6) is 0. The van der Waals surface area contributed by atoms with Gasteiger partial charge in [-0.3, -0.25) is 4.79 Å². The van der Waals surface area contributed by atoms with Crippen LogP contribution in [0.15, 0.2) is 57.1 Å². The van der Waals surface area contributed by atoms with Crippen molar-refractivity contribution in [2.24, 2.45) is 0 Å². The minimum Gasteiger partial charge on any atom is -0.455 e. The standard InChI is InChI=1S/C15H8O2S/c16-14-9-3-1-2-4-12(9)17-15-10-7-8-18-13(10)6-5-11(14)15/h1-8H. The monoisotopic (exact) mass is 252 g/mol. The van der Waals surface area contributed by atoms with E-state index >= 15 is 0 Å². The van der Waals surface area contributed by atoms with Gasteiger partial charge in [-0.1, -0.05) is 12.1 Å². The number of rotatable bonds is 0. The molecule has 0 saturated carbocycles. The van der Waals surface area contributed by atoms with E-state index < -0.39 is 0 Å². The van der Waals surface area contributed by atoms with Crippen molar-refractivity contribution in [2.75, 3.05) is 0 Å². The Morgan fingerprint density at radius 1 is 0.889 bits per heavy atom. The summed E-state index contributed by atoms with van der Waals surface area (Å²) in [6.45, 7) is 0. The van der Waals surface area contributed by atoms with E-state index in [0.717, 1.165) is 10.1 Å². The molecule has 0 aliphatic rings. The van der Waals surface area contributed by atoms with E-state index in [9.17, 15) is 4.79 Å². The van der Waals surface area contributed by atoms with E-state index in [0.29, 0.717) is 21.9 Å². The molecule has 0 atom stereocenters. The second-order valence-corrected chi connectivity index (χ2v) is 5.15. The van der Waals surface area contributed by atoms with Crippen LogP contribution in [0.5, 0.6) is 0 Å². The third kappa shape index (κ3) is 1.19. The van der Waals surface area contributed by atoms with Crippen LogP contribution >= 0.6 is 11.3 Å². The molecule has 2 nitrogen and oxygen atoms in total. The summed E-state index contributed by atoms with van der Waals surface area (Å²) in [5.41, 5.74) is 1.38. The number of hydrogen-bond donors (Lipinski definition) is 0. The van der Waals surface area contributed by atoms with E-state index in [-0.39, 0.29) is 5.43 Å². The van der Waals surface area contributed by atoms with E-state index in [1.54, 1.807) is 17.4 Å². The third-order valence-corrected chi connectivity index (χ3v) is 4.06. The summed E-state index contributed by atoms with van der Waals surface area (Å²) in [6.07, 6.45) is 0. The van der Waals surface area contributed by atoms with Gasteiger partial charge in [0.05, 0.1) is 10.8 Å². The molecule has 86 valence electrons. The molecule has 0 aliphatic carbocycles. The lowest BCUT2D eigenvalue weighted by Gasteiger charge is -2.01. The smallest absolute Gasteiger partial charge is 0.200 e. The van der Waals surface area contributed by atoms with Crippen molar-refractivity contribution >= 4 is 43.4 Å². The summed E-state index contributed by atoms with van der Waals surface area (Å²) >= 11 is 1.65. The third-order valence-electron chi connectivity index (χ3n) is 3.17. The highest BCUT2D eigenvalue weighted by Gasteiger charge is 2.10. The Morgan fingerprint density at radius 3 is 2.72 bits per heavy atom. The molecular formula is C15H8O2S. The van der Waals surface area contributed by atoms with Gasteiger partial charge in [-0.2, -0.15) is 0 Å². The first-order valence-corrected chi connectivity index (χ1v) is 6.54. The molecule has 0 spiro atoms. The van der Waals surface area contributed by atoms with Gasteiger partial charge in [-0.25, -0.2) is 0 Å². The Morgan fingerprint density at radius 2 is 1.78 bits per heavy atom. The first-order chi connectivity index (χ1) is 8.84. The SMILES string of the molecule is O=c1c2ccccc2oc2c1ccc1sccc12. The minimum absolute atomic E-state index is 0.0416. The van der Waals surface area contributed by atoms with Crippen LogP contribution in [0.1, 0.15) is 0 Å². The van der Waals surface area contributed by atoms with Crippen LogP contribution in [0, 0.1) is 0 Å². The van der Waals surface area contributed by atoms with Gasteiger partial charge in [0.15, 0.2) is 0 Å². The van der Waals surface area contributed by atoms with Crippen molar-refractivity contribution in [1.29, 1.82) is 0 Å². The maximum atomic E-state index is 12.4. The first kappa shape index (κ1) is 9.85. The molecule has 2 aromatic carbocycles. The molecule has 0 radical (unpaired) electrons. The largest absolute Gasteiger partial charge is 0.455 e. The van der Waals surface area contributed by atoms with Crippen molar-refractivity contribution in [2.45, 2.75) is 0 Å². The summed E-state index contributed by atoms with van der Waals surface area (Å²) in [6, 6.07) is 13.2. The number of hydrogen-bond acceptors (Lipinski definition) is 3. The second-order valence-electron chi connectivity index (χ2n) is 4.20. The molecule has 0 fully saturated rings. The average molecular weight is 252 g/mol. The molecule has 3 heteroatoms. The quantitative estimate of drug-likeness (QED) is 0.440. The molecule has 0 unspecified atom stereocenters. The predicted molar refractivity (Wildman–Crippen MR) is 75.4 cm³/mol. The molecule has 18 heavy (non-hydrogen) atoms. The van der Waals surface area contributed by atoms with Crippen molar-refractivity contribution in [1.82, 2.24) is 0 Å². The van der Waals surface area contributed by atoms with Gasteiger partial charge >= 0.3 is 0 Å². The maximum absolute atomic E-state index is 12.4. The van der Waals surface area contributed by atoms with Gasteiger partial charge in [0.1, 0.15) is 11.2 Å². The van der Waals surface area contributed by atoms with Crippen LogP contribution in [0.25, 0.3) is 32.0 Å². The second kappa shape index (κ2) is 3.43. The fourth-order valence-electron chi connectivity index (χ4n) is 2.30. The fraction of sp³-hybridized carbons (Fsp3) is 0. The van der Waals surface area contributed by atoms with Crippen molar-refractivity contribution < 1.29 is 4.42 Å². The van der Waals surface area contributed by atoms with Crippen LogP contribution < -0.4 is 5.43 Å². The molecule has 4 aromatic rings. The van der Waals surface area contributed by atoms with Crippen molar-refractivity contribution in [3.05, 3.63) is 58.1 Å². The zero-order valence-electron chi connectivity index (χ0n) is 9.34. The molecule has 0 aliphatic heterocycles. The van der Waals surface area contributed by atoms with Gasteiger partial charge in [-0.05, 0) is 35.7 Å². The molecule has 4 rings (SSSR count). The van der Waals surface area contributed by atoms with E-state index in [2.05, 4.69) is 0 Å². The first-order valence-electron chi connectivity index (χ1n) is 5.66. The van der Waals surface area contributed by atoms with Gasteiger partial charge in [0.25, 0.3) is 0 Å². The molecule has 0 N–H and O–H groups in total. The zero-order valence-corrected chi connectivity index (χ0v) is 10.2. The van der Waals surface area contributed by atoms with Crippen LogP contribution in [-0.2, 0) is 0 Å². The number of thiophene rings is 1. The Bertz CT molecular complexity index is 947. The number of para-hydroxylation sites is 1. The maximum Gasteiger partial charge on any atom is 0.200 e. The molecule has 0 bridgehead atoms. The Kier molecular flexibility index (Phi) is 1.88. The van der Waals surface area contributed by atoms with E-state index in [4.69, 9.17) is 4.42 Å². The lowest BCUT2D eigenvalue weighted by molar-refractivity contribution is 0.664. The highest BCUT2D eigenvalue weighted by Crippen LogP contribution is 2.29. The molecule has 0 saturated heterocycles. The van der Waals surface area contributed by atoms with E-state index in [1.165, 1.54) is 0 Å². The number of fused-ring (bicyclic) bond motifs is 4. The summed E-state index contributed by atoms with van der Waals surface area (Å²) in [7, 11) is 0. The topological polar surface area (TPSA) is 30.2 Å². The van der Waals surface area contributed by atoms with Gasteiger partial charge < -0.3 is 4.42 Å².